The number of furan rings is 1. The van der Waals surface area contributed by atoms with E-state index in [1.54, 1.807) is 6.26 Å². The highest BCUT2D eigenvalue weighted by Gasteiger charge is 2.20. The second-order valence-electron chi connectivity index (χ2n) is 7.09. The maximum atomic E-state index is 5.85. The molecule has 1 aliphatic rings. The molecule has 1 unspecified atom stereocenters. The van der Waals surface area contributed by atoms with Gasteiger partial charge >= 0.3 is 0 Å². The maximum absolute atomic E-state index is 5.85. The fraction of sp³-hybridized carbons (Fsp3) is 0.765. The third kappa shape index (κ3) is 5.46. The molecule has 4 nitrogen and oxygen atoms in total. The Morgan fingerprint density at radius 1 is 1.43 bits per heavy atom. The first kappa shape index (κ1) is 16.5. The molecule has 1 fully saturated rings. The Morgan fingerprint density at radius 3 is 2.90 bits per heavy atom. The summed E-state index contributed by atoms with van der Waals surface area (Å²) in [5.41, 5.74) is 1.25. The van der Waals surface area contributed by atoms with E-state index in [-0.39, 0.29) is 5.54 Å². The fourth-order valence-electron chi connectivity index (χ4n) is 2.74. The van der Waals surface area contributed by atoms with Gasteiger partial charge in [-0.25, -0.2) is 0 Å². The molecule has 0 radical (unpaired) electrons. The van der Waals surface area contributed by atoms with Crippen LogP contribution in [0.15, 0.2) is 16.7 Å². The van der Waals surface area contributed by atoms with Crippen molar-refractivity contribution >= 4 is 0 Å². The summed E-state index contributed by atoms with van der Waals surface area (Å²) < 4.78 is 11.4. The molecule has 2 heterocycles. The second kappa shape index (κ2) is 7.43. The highest BCUT2D eigenvalue weighted by atomic mass is 16.5. The predicted octanol–water partition coefficient (Wildman–Crippen LogP) is 3.17. The van der Waals surface area contributed by atoms with Crippen LogP contribution in [0.1, 0.15) is 51.4 Å². The SMILES string of the molecule is CN1CCCC1CCOCc1ccoc1CNC(C)(C)C. The third-order valence-electron chi connectivity index (χ3n) is 4.14. The van der Waals surface area contributed by atoms with Gasteiger partial charge in [0.15, 0.2) is 0 Å². The molecule has 1 saturated heterocycles. The average Bonchev–Trinajstić information content (AvgIpc) is 3.01. The lowest BCUT2D eigenvalue weighted by molar-refractivity contribution is 0.100. The number of nitrogens with one attached hydrogen (secondary N) is 1. The number of rotatable bonds is 7. The van der Waals surface area contributed by atoms with Gasteiger partial charge in [-0.2, -0.15) is 0 Å². The summed E-state index contributed by atoms with van der Waals surface area (Å²) in [5, 5.41) is 3.45. The largest absolute Gasteiger partial charge is 0.468 e. The summed E-state index contributed by atoms with van der Waals surface area (Å²) in [7, 11) is 2.21. The van der Waals surface area contributed by atoms with Crippen LogP contribution in [-0.4, -0.2) is 36.7 Å². The summed E-state index contributed by atoms with van der Waals surface area (Å²) in [6, 6.07) is 2.72. The Labute approximate surface area is 128 Å². The van der Waals surface area contributed by atoms with E-state index in [2.05, 4.69) is 38.0 Å². The number of ether oxygens (including phenoxy) is 1. The Balaban J connectivity index is 1.70. The molecule has 4 heteroatoms. The molecule has 1 atom stereocenters. The van der Waals surface area contributed by atoms with E-state index < -0.39 is 0 Å². The molecular weight excluding hydrogens is 264 g/mol. The maximum Gasteiger partial charge on any atom is 0.123 e. The molecule has 0 amide bonds. The number of hydrogen-bond acceptors (Lipinski definition) is 4. The minimum Gasteiger partial charge on any atom is -0.468 e. The highest BCUT2D eigenvalue weighted by molar-refractivity contribution is 5.16. The quantitative estimate of drug-likeness (QED) is 0.784. The summed E-state index contributed by atoms with van der Waals surface area (Å²) in [4.78, 5) is 2.44. The topological polar surface area (TPSA) is 37.6 Å². The zero-order chi connectivity index (χ0) is 15.3. The zero-order valence-corrected chi connectivity index (χ0v) is 13.9. The summed E-state index contributed by atoms with van der Waals surface area (Å²) >= 11 is 0. The molecule has 120 valence electrons. The van der Waals surface area contributed by atoms with E-state index in [0.717, 1.165) is 30.9 Å². The Bertz CT molecular complexity index is 423. The zero-order valence-electron chi connectivity index (χ0n) is 13.9. The van der Waals surface area contributed by atoms with Crippen molar-refractivity contribution in [2.45, 2.75) is 64.8 Å². The lowest BCUT2D eigenvalue weighted by atomic mass is 10.1. The van der Waals surface area contributed by atoms with Gasteiger partial charge in [0, 0.05) is 23.8 Å². The standard InChI is InChI=1S/C17H30N2O2/c1-17(2,3)18-12-16-14(7-11-21-16)13-20-10-8-15-6-5-9-19(15)4/h7,11,15,18H,5-6,8-10,12-13H2,1-4H3. The predicted molar refractivity (Wildman–Crippen MR) is 85.2 cm³/mol. The van der Waals surface area contributed by atoms with Crippen LogP contribution >= 0.6 is 0 Å². The molecule has 0 aliphatic carbocycles. The molecule has 2 rings (SSSR count). The summed E-state index contributed by atoms with van der Waals surface area (Å²) in [5.74, 6) is 0.989. The molecule has 21 heavy (non-hydrogen) atoms. The van der Waals surface area contributed by atoms with Crippen molar-refractivity contribution in [1.29, 1.82) is 0 Å². The smallest absolute Gasteiger partial charge is 0.123 e. The van der Waals surface area contributed by atoms with Crippen LogP contribution in [0.5, 0.6) is 0 Å². The van der Waals surface area contributed by atoms with Crippen LogP contribution in [0.2, 0.25) is 0 Å². The first-order chi connectivity index (χ1) is 9.96. The van der Waals surface area contributed by atoms with Gasteiger partial charge in [-0.15, -0.1) is 0 Å². The third-order valence-corrected chi connectivity index (χ3v) is 4.14. The van der Waals surface area contributed by atoms with Gasteiger partial charge in [0.25, 0.3) is 0 Å². The van der Waals surface area contributed by atoms with Crippen LogP contribution < -0.4 is 5.32 Å². The van der Waals surface area contributed by atoms with Crippen molar-refractivity contribution in [2.24, 2.45) is 0 Å². The van der Waals surface area contributed by atoms with Gasteiger partial charge in [0.2, 0.25) is 0 Å². The minimum absolute atomic E-state index is 0.0952. The van der Waals surface area contributed by atoms with Gasteiger partial charge in [-0.05, 0) is 59.7 Å². The van der Waals surface area contributed by atoms with Crippen LogP contribution in [0.4, 0.5) is 0 Å². The molecule has 0 aromatic carbocycles. The van der Waals surface area contributed by atoms with E-state index >= 15 is 0 Å². The molecule has 1 aromatic heterocycles. The Hall–Kier alpha value is -0.840. The summed E-state index contributed by atoms with van der Waals surface area (Å²) in [6.07, 6.45) is 5.52. The molecular formula is C17H30N2O2. The normalized spacial score (nSPS) is 20.3. The van der Waals surface area contributed by atoms with Crippen molar-refractivity contribution < 1.29 is 9.15 Å². The molecule has 1 N–H and O–H groups in total. The van der Waals surface area contributed by atoms with Crippen molar-refractivity contribution in [1.82, 2.24) is 10.2 Å². The van der Waals surface area contributed by atoms with Crippen LogP contribution in [0.25, 0.3) is 0 Å². The van der Waals surface area contributed by atoms with Crippen LogP contribution in [0.3, 0.4) is 0 Å². The molecule has 1 aromatic rings. The van der Waals surface area contributed by atoms with Gasteiger partial charge < -0.3 is 19.4 Å². The van der Waals surface area contributed by atoms with Gasteiger partial charge in [0.05, 0.1) is 19.4 Å². The van der Waals surface area contributed by atoms with Crippen LogP contribution in [-0.2, 0) is 17.9 Å². The molecule has 0 spiro atoms. The van der Waals surface area contributed by atoms with Crippen molar-refractivity contribution in [2.75, 3.05) is 20.2 Å². The first-order valence-corrected chi connectivity index (χ1v) is 8.04. The number of nitrogens with zero attached hydrogens (tertiary/aromatic N) is 1. The molecule has 0 saturated carbocycles. The fourth-order valence-corrected chi connectivity index (χ4v) is 2.74. The monoisotopic (exact) mass is 294 g/mol. The van der Waals surface area contributed by atoms with Crippen molar-refractivity contribution in [3.63, 3.8) is 0 Å². The van der Waals surface area contributed by atoms with E-state index in [1.807, 2.05) is 6.07 Å². The Kier molecular flexibility index (Phi) is 5.85. The second-order valence-corrected chi connectivity index (χ2v) is 7.09. The Morgan fingerprint density at radius 2 is 2.24 bits per heavy atom. The van der Waals surface area contributed by atoms with E-state index in [4.69, 9.17) is 9.15 Å². The molecule has 0 bridgehead atoms. The summed E-state index contributed by atoms with van der Waals surface area (Å²) in [6.45, 7) is 9.93. The lowest BCUT2D eigenvalue weighted by Crippen LogP contribution is -2.35. The number of hydrogen-bond donors (Lipinski definition) is 1. The van der Waals surface area contributed by atoms with Crippen molar-refractivity contribution in [3.05, 3.63) is 23.7 Å². The van der Waals surface area contributed by atoms with Gasteiger partial charge in [-0.3, -0.25) is 0 Å². The van der Waals surface area contributed by atoms with Gasteiger partial charge in [0.1, 0.15) is 5.76 Å². The van der Waals surface area contributed by atoms with Crippen molar-refractivity contribution in [3.8, 4) is 0 Å². The van der Waals surface area contributed by atoms with E-state index in [0.29, 0.717) is 12.6 Å². The average molecular weight is 294 g/mol. The first-order valence-electron chi connectivity index (χ1n) is 8.04. The molecule has 1 aliphatic heterocycles. The van der Waals surface area contributed by atoms with E-state index in [9.17, 15) is 0 Å². The lowest BCUT2D eigenvalue weighted by Gasteiger charge is -2.20. The highest BCUT2D eigenvalue weighted by Crippen LogP contribution is 2.18. The number of likely N-dealkylation sites (tertiary alicyclic amines) is 1. The van der Waals surface area contributed by atoms with Gasteiger partial charge in [-0.1, -0.05) is 0 Å². The van der Waals surface area contributed by atoms with E-state index in [1.165, 1.54) is 19.4 Å². The van der Waals surface area contributed by atoms with Crippen LogP contribution in [0, 0.1) is 0 Å². The minimum atomic E-state index is 0.0952.